The highest BCUT2D eigenvalue weighted by Gasteiger charge is 2.30. The molecule has 3 heteroatoms. The van der Waals surface area contributed by atoms with Crippen molar-refractivity contribution in [3.8, 4) is 0 Å². The van der Waals surface area contributed by atoms with Gasteiger partial charge in [-0.3, -0.25) is 0 Å². The Kier molecular flexibility index (Phi) is 5.03. The minimum absolute atomic E-state index is 0.183. The van der Waals surface area contributed by atoms with E-state index in [-0.39, 0.29) is 11.6 Å². The number of nitrogens with one attached hydrogen (secondary N) is 1. The van der Waals surface area contributed by atoms with Crippen LogP contribution in [-0.4, -0.2) is 24.8 Å². The zero-order valence-electron chi connectivity index (χ0n) is 10.7. The summed E-state index contributed by atoms with van der Waals surface area (Å²) in [5.74, 6) is 0.999. The van der Waals surface area contributed by atoms with Crippen LogP contribution in [0.3, 0.4) is 0 Å². The maximum absolute atomic E-state index is 5.79. The molecule has 0 fully saturated rings. The molecule has 0 radical (unpaired) electrons. The molecule has 1 heterocycles. The molecule has 92 valence electrons. The number of hydrogen-bond acceptors (Lipinski definition) is 3. The van der Waals surface area contributed by atoms with Crippen LogP contribution in [0.5, 0.6) is 0 Å². The first kappa shape index (κ1) is 13.3. The zero-order chi connectivity index (χ0) is 12.0. The highest BCUT2D eigenvalue weighted by atomic mass is 16.5. The number of rotatable bonds is 7. The monoisotopic (exact) mass is 225 g/mol. The summed E-state index contributed by atoms with van der Waals surface area (Å²) in [5, 5.41) is 3.46. The van der Waals surface area contributed by atoms with Crippen LogP contribution in [0.4, 0.5) is 0 Å². The first-order valence-corrected chi connectivity index (χ1v) is 5.99. The maximum atomic E-state index is 5.79. The highest BCUT2D eigenvalue weighted by Crippen LogP contribution is 2.19. The Morgan fingerprint density at radius 1 is 1.44 bits per heavy atom. The molecule has 0 aliphatic carbocycles. The van der Waals surface area contributed by atoms with Gasteiger partial charge in [-0.1, -0.05) is 6.92 Å². The summed E-state index contributed by atoms with van der Waals surface area (Å²) >= 11 is 0. The van der Waals surface area contributed by atoms with Gasteiger partial charge >= 0.3 is 0 Å². The number of hydrogen-bond donors (Lipinski definition) is 1. The van der Waals surface area contributed by atoms with Crippen LogP contribution in [0.25, 0.3) is 0 Å². The van der Waals surface area contributed by atoms with E-state index >= 15 is 0 Å². The van der Waals surface area contributed by atoms with Gasteiger partial charge in [0.15, 0.2) is 0 Å². The second-order valence-electron chi connectivity index (χ2n) is 4.43. The molecule has 1 unspecified atom stereocenters. The van der Waals surface area contributed by atoms with Gasteiger partial charge in [-0.15, -0.1) is 0 Å². The van der Waals surface area contributed by atoms with Crippen molar-refractivity contribution in [3.05, 3.63) is 24.2 Å². The van der Waals surface area contributed by atoms with Crippen molar-refractivity contribution in [2.45, 2.75) is 45.8 Å². The number of furan rings is 1. The minimum Gasteiger partial charge on any atom is -0.469 e. The van der Waals surface area contributed by atoms with Crippen LogP contribution in [0.15, 0.2) is 22.8 Å². The molecule has 1 aromatic heterocycles. The predicted molar refractivity (Wildman–Crippen MR) is 65.6 cm³/mol. The summed E-state index contributed by atoms with van der Waals surface area (Å²) in [6.07, 6.45) is 2.57. The third kappa shape index (κ3) is 3.65. The van der Waals surface area contributed by atoms with E-state index in [4.69, 9.17) is 9.15 Å². The molecular formula is C13H23NO2. The summed E-state index contributed by atoms with van der Waals surface area (Å²) in [4.78, 5) is 0. The lowest BCUT2D eigenvalue weighted by molar-refractivity contribution is -0.0386. The van der Waals surface area contributed by atoms with Crippen LogP contribution in [0.1, 0.15) is 33.5 Å². The maximum Gasteiger partial charge on any atom is 0.105 e. The third-order valence-corrected chi connectivity index (χ3v) is 2.79. The molecule has 1 aromatic rings. The Hall–Kier alpha value is -0.800. The number of likely N-dealkylation sites (N-methyl/N-ethyl adjacent to an activating group) is 1. The van der Waals surface area contributed by atoms with E-state index < -0.39 is 0 Å². The normalized spacial score (nSPS) is 14.0. The fourth-order valence-corrected chi connectivity index (χ4v) is 1.91. The third-order valence-electron chi connectivity index (χ3n) is 2.79. The molecule has 0 bridgehead atoms. The lowest BCUT2D eigenvalue weighted by Crippen LogP contribution is -2.49. The van der Waals surface area contributed by atoms with Crippen LogP contribution in [-0.2, 0) is 11.2 Å². The summed E-state index contributed by atoms with van der Waals surface area (Å²) in [6, 6.07) is 4.20. The first-order valence-electron chi connectivity index (χ1n) is 5.99. The Morgan fingerprint density at radius 3 is 2.69 bits per heavy atom. The molecule has 0 amide bonds. The molecule has 0 saturated heterocycles. The van der Waals surface area contributed by atoms with E-state index in [0.29, 0.717) is 0 Å². The van der Waals surface area contributed by atoms with E-state index in [1.165, 1.54) is 0 Å². The standard InChI is InChI=1S/C13H23NO2/c1-5-14-12(13(3,4)16-6-2)10-11-8-7-9-15-11/h7-9,12,14H,5-6,10H2,1-4H3. The highest BCUT2D eigenvalue weighted by molar-refractivity contribution is 5.03. The van der Waals surface area contributed by atoms with Crippen molar-refractivity contribution in [2.75, 3.05) is 13.2 Å². The molecule has 16 heavy (non-hydrogen) atoms. The molecule has 1 N–H and O–H groups in total. The van der Waals surface area contributed by atoms with E-state index in [1.807, 2.05) is 19.1 Å². The van der Waals surface area contributed by atoms with E-state index in [2.05, 4.69) is 26.1 Å². The Balaban J connectivity index is 2.66. The summed E-state index contributed by atoms with van der Waals surface area (Å²) in [6.45, 7) is 10.0. The van der Waals surface area contributed by atoms with Crippen molar-refractivity contribution < 1.29 is 9.15 Å². The van der Waals surface area contributed by atoms with Gasteiger partial charge < -0.3 is 14.5 Å². The van der Waals surface area contributed by atoms with Crippen LogP contribution >= 0.6 is 0 Å². The lowest BCUT2D eigenvalue weighted by Gasteiger charge is -2.34. The lowest BCUT2D eigenvalue weighted by atomic mass is 9.94. The van der Waals surface area contributed by atoms with Gasteiger partial charge in [0.25, 0.3) is 0 Å². The Bertz CT molecular complexity index is 280. The second kappa shape index (κ2) is 6.06. The smallest absolute Gasteiger partial charge is 0.105 e. The van der Waals surface area contributed by atoms with Crippen molar-refractivity contribution in [3.63, 3.8) is 0 Å². The molecule has 0 spiro atoms. The quantitative estimate of drug-likeness (QED) is 0.774. The zero-order valence-corrected chi connectivity index (χ0v) is 10.7. The fraction of sp³-hybridized carbons (Fsp3) is 0.692. The molecule has 0 aliphatic heterocycles. The molecule has 1 atom stereocenters. The van der Waals surface area contributed by atoms with Gasteiger partial charge in [-0.05, 0) is 39.4 Å². The molecule has 0 aromatic carbocycles. The van der Waals surface area contributed by atoms with Gasteiger partial charge in [-0.2, -0.15) is 0 Å². The molecular weight excluding hydrogens is 202 g/mol. The van der Waals surface area contributed by atoms with E-state index in [9.17, 15) is 0 Å². The summed E-state index contributed by atoms with van der Waals surface area (Å²) < 4.78 is 11.2. The molecule has 1 rings (SSSR count). The number of ether oxygens (including phenoxy) is 1. The molecule has 0 aliphatic rings. The van der Waals surface area contributed by atoms with E-state index in [0.717, 1.165) is 25.3 Å². The predicted octanol–water partition coefficient (Wildman–Crippen LogP) is 2.62. The van der Waals surface area contributed by atoms with Gasteiger partial charge in [0.05, 0.1) is 11.9 Å². The van der Waals surface area contributed by atoms with Crippen molar-refractivity contribution in [1.82, 2.24) is 5.32 Å². The van der Waals surface area contributed by atoms with Crippen molar-refractivity contribution in [2.24, 2.45) is 0 Å². The fourth-order valence-electron chi connectivity index (χ4n) is 1.91. The summed E-state index contributed by atoms with van der Waals surface area (Å²) in [5.41, 5.74) is -0.183. The average molecular weight is 225 g/mol. The van der Waals surface area contributed by atoms with Crippen LogP contribution in [0.2, 0.25) is 0 Å². The van der Waals surface area contributed by atoms with Gasteiger partial charge in [0, 0.05) is 19.1 Å². The largest absolute Gasteiger partial charge is 0.469 e. The van der Waals surface area contributed by atoms with Crippen LogP contribution in [0, 0.1) is 0 Å². The summed E-state index contributed by atoms with van der Waals surface area (Å²) in [7, 11) is 0. The molecule has 3 nitrogen and oxygen atoms in total. The first-order chi connectivity index (χ1) is 7.60. The van der Waals surface area contributed by atoms with Gasteiger partial charge in [0.1, 0.15) is 5.76 Å². The Morgan fingerprint density at radius 2 is 2.19 bits per heavy atom. The minimum atomic E-state index is -0.183. The molecule has 0 saturated carbocycles. The van der Waals surface area contributed by atoms with Crippen molar-refractivity contribution >= 4 is 0 Å². The van der Waals surface area contributed by atoms with Gasteiger partial charge in [-0.25, -0.2) is 0 Å². The van der Waals surface area contributed by atoms with Gasteiger partial charge in [0.2, 0.25) is 0 Å². The SMILES string of the molecule is CCNC(Cc1ccco1)C(C)(C)OCC. The van der Waals surface area contributed by atoms with E-state index in [1.54, 1.807) is 6.26 Å². The van der Waals surface area contributed by atoms with Crippen LogP contribution < -0.4 is 5.32 Å². The average Bonchev–Trinajstić information content (AvgIpc) is 2.69. The topological polar surface area (TPSA) is 34.4 Å². The van der Waals surface area contributed by atoms with Crippen molar-refractivity contribution in [1.29, 1.82) is 0 Å². The Labute approximate surface area is 98.2 Å². The second-order valence-corrected chi connectivity index (χ2v) is 4.43.